The van der Waals surface area contributed by atoms with E-state index in [1.807, 2.05) is 0 Å². The first-order chi connectivity index (χ1) is 10.7. The number of thiocarbonyl (C=S) groups is 1. The minimum absolute atomic E-state index is 0.116. The molecule has 0 radical (unpaired) electrons. The van der Waals surface area contributed by atoms with Gasteiger partial charge in [-0.05, 0) is 36.5 Å². The van der Waals surface area contributed by atoms with Gasteiger partial charge in [-0.2, -0.15) is 13.2 Å². The molecule has 0 aliphatic heterocycles. The third kappa shape index (κ3) is 4.32. The van der Waals surface area contributed by atoms with Crippen molar-refractivity contribution >= 4 is 28.8 Å². The smallest absolute Gasteiger partial charge is 0.376 e. The molecule has 0 aliphatic carbocycles. The van der Waals surface area contributed by atoms with Crippen LogP contribution in [0.1, 0.15) is 5.56 Å². The average molecular weight is 340 g/mol. The Hall–Kier alpha value is -2.35. The van der Waals surface area contributed by atoms with Gasteiger partial charge < -0.3 is 16.0 Å². The Morgan fingerprint density at radius 3 is 2.26 bits per heavy atom. The van der Waals surface area contributed by atoms with E-state index >= 15 is 0 Å². The lowest BCUT2D eigenvalue weighted by Gasteiger charge is -2.16. The van der Waals surface area contributed by atoms with Gasteiger partial charge in [0.15, 0.2) is 5.11 Å². The fourth-order valence-corrected chi connectivity index (χ4v) is 2.04. The summed E-state index contributed by atoms with van der Waals surface area (Å²) in [7, 11) is 3.28. The number of anilines is 2. The monoisotopic (exact) mass is 340 g/mol. The van der Waals surface area contributed by atoms with Gasteiger partial charge in [0, 0.05) is 25.3 Å². The Morgan fingerprint density at radius 1 is 1.17 bits per heavy atom. The molecule has 0 saturated carbocycles. The Labute approximate surface area is 137 Å². The van der Waals surface area contributed by atoms with Gasteiger partial charge in [0.1, 0.15) is 5.82 Å². The predicted molar refractivity (Wildman–Crippen MR) is 89.4 cm³/mol. The molecule has 122 valence electrons. The lowest BCUT2D eigenvalue weighted by atomic mass is 10.1. The SMILES string of the molecule is CN(C)c1cc(C(F)(F)F)cc(-c2ccc(NC(N)=S)cc2)n1. The third-order valence-electron chi connectivity index (χ3n) is 3.05. The van der Waals surface area contributed by atoms with Crippen molar-refractivity contribution in [2.75, 3.05) is 24.3 Å². The molecule has 0 bridgehead atoms. The average Bonchev–Trinajstić information content (AvgIpc) is 2.46. The molecule has 0 unspecified atom stereocenters. The van der Waals surface area contributed by atoms with Crippen molar-refractivity contribution in [3.05, 3.63) is 42.0 Å². The molecule has 0 saturated heterocycles. The summed E-state index contributed by atoms with van der Waals surface area (Å²) in [5.41, 5.74) is 6.09. The summed E-state index contributed by atoms with van der Waals surface area (Å²) in [4.78, 5) is 5.79. The Morgan fingerprint density at radius 2 is 1.78 bits per heavy atom. The van der Waals surface area contributed by atoms with Crippen LogP contribution in [-0.4, -0.2) is 24.2 Å². The van der Waals surface area contributed by atoms with E-state index in [9.17, 15) is 13.2 Å². The van der Waals surface area contributed by atoms with Crippen LogP contribution >= 0.6 is 12.2 Å². The first-order valence-corrected chi connectivity index (χ1v) is 7.01. The van der Waals surface area contributed by atoms with E-state index in [-0.39, 0.29) is 16.6 Å². The summed E-state index contributed by atoms with van der Waals surface area (Å²) < 4.78 is 39.2. The van der Waals surface area contributed by atoms with Crippen molar-refractivity contribution in [1.29, 1.82) is 0 Å². The first-order valence-electron chi connectivity index (χ1n) is 6.60. The van der Waals surface area contributed by atoms with Crippen LogP contribution in [0.25, 0.3) is 11.3 Å². The molecule has 8 heteroatoms. The van der Waals surface area contributed by atoms with E-state index in [2.05, 4.69) is 10.3 Å². The van der Waals surface area contributed by atoms with Crippen LogP contribution < -0.4 is 16.0 Å². The molecule has 2 rings (SSSR count). The minimum atomic E-state index is -4.43. The Balaban J connectivity index is 2.45. The Bertz CT molecular complexity index is 712. The van der Waals surface area contributed by atoms with Crippen LogP contribution in [0.15, 0.2) is 36.4 Å². The van der Waals surface area contributed by atoms with E-state index in [1.165, 1.54) is 4.90 Å². The standard InChI is InChI=1S/C15H15F3N4S/c1-22(2)13-8-10(15(16,17)18)7-12(21-13)9-3-5-11(6-4-9)20-14(19)23/h3-8H,1-2H3,(H3,19,20,23). The van der Waals surface area contributed by atoms with Crippen molar-refractivity contribution in [2.45, 2.75) is 6.18 Å². The van der Waals surface area contributed by atoms with Gasteiger partial charge in [0.25, 0.3) is 0 Å². The fraction of sp³-hybridized carbons (Fsp3) is 0.200. The van der Waals surface area contributed by atoms with E-state index in [4.69, 9.17) is 18.0 Å². The molecular formula is C15H15F3N4S. The summed E-state index contributed by atoms with van der Waals surface area (Å²) in [6.45, 7) is 0. The summed E-state index contributed by atoms with van der Waals surface area (Å²) >= 11 is 4.73. The normalized spacial score (nSPS) is 11.2. The molecule has 4 nitrogen and oxygen atoms in total. The molecule has 1 aromatic carbocycles. The van der Waals surface area contributed by atoms with Crippen molar-refractivity contribution in [3.63, 3.8) is 0 Å². The fourth-order valence-electron chi connectivity index (χ4n) is 1.92. The summed E-state index contributed by atoms with van der Waals surface area (Å²) in [6.07, 6.45) is -4.43. The molecule has 0 amide bonds. The van der Waals surface area contributed by atoms with Gasteiger partial charge in [0.2, 0.25) is 0 Å². The molecule has 0 fully saturated rings. The number of rotatable bonds is 3. The quantitative estimate of drug-likeness (QED) is 0.838. The van der Waals surface area contributed by atoms with E-state index in [0.717, 1.165) is 12.1 Å². The topological polar surface area (TPSA) is 54.2 Å². The molecular weight excluding hydrogens is 325 g/mol. The third-order valence-corrected chi connectivity index (χ3v) is 3.15. The predicted octanol–water partition coefficient (Wildman–Crippen LogP) is 3.49. The number of halogens is 3. The maximum atomic E-state index is 13.1. The largest absolute Gasteiger partial charge is 0.416 e. The summed E-state index contributed by atoms with van der Waals surface area (Å²) in [5.74, 6) is 0.236. The van der Waals surface area contributed by atoms with Gasteiger partial charge in [-0.15, -0.1) is 0 Å². The maximum Gasteiger partial charge on any atom is 0.416 e. The molecule has 1 aromatic heterocycles. The highest BCUT2D eigenvalue weighted by molar-refractivity contribution is 7.80. The number of aromatic nitrogens is 1. The second-order valence-corrected chi connectivity index (χ2v) is 5.50. The molecule has 3 N–H and O–H groups in total. The molecule has 0 aliphatic rings. The zero-order valence-electron chi connectivity index (χ0n) is 12.5. The van der Waals surface area contributed by atoms with Crippen molar-refractivity contribution in [2.24, 2.45) is 5.73 Å². The zero-order valence-corrected chi connectivity index (χ0v) is 13.3. The highest BCUT2D eigenvalue weighted by Gasteiger charge is 2.32. The van der Waals surface area contributed by atoms with Crippen LogP contribution in [0.2, 0.25) is 0 Å². The van der Waals surface area contributed by atoms with Crippen molar-refractivity contribution in [1.82, 2.24) is 4.98 Å². The lowest BCUT2D eigenvalue weighted by molar-refractivity contribution is -0.137. The van der Waals surface area contributed by atoms with Gasteiger partial charge in [-0.25, -0.2) is 4.98 Å². The second-order valence-electron chi connectivity index (χ2n) is 5.06. The lowest BCUT2D eigenvalue weighted by Crippen LogP contribution is -2.18. The number of alkyl halides is 3. The highest BCUT2D eigenvalue weighted by atomic mass is 32.1. The number of hydrogen-bond acceptors (Lipinski definition) is 3. The number of nitrogens with one attached hydrogen (secondary N) is 1. The number of pyridine rings is 1. The van der Waals surface area contributed by atoms with Crippen LogP contribution in [0.4, 0.5) is 24.7 Å². The van der Waals surface area contributed by atoms with E-state index in [0.29, 0.717) is 11.3 Å². The van der Waals surface area contributed by atoms with Crippen LogP contribution in [-0.2, 0) is 6.18 Å². The van der Waals surface area contributed by atoms with Crippen molar-refractivity contribution in [3.8, 4) is 11.3 Å². The molecule has 0 atom stereocenters. The Kier molecular flexibility index (Phi) is 4.74. The van der Waals surface area contributed by atoms with E-state index in [1.54, 1.807) is 38.4 Å². The van der Waals surface area contributed by atoms with Gasteiger partial charge in [0.05, 0.1) is 11.3 Å². The number of nitrogens with zero attached hydrogens (tertiary/aromatic N) is 2. The number of hydrogen-bond donors (Lipinski definition) is 2. The number of benzene rings is 1. The van der Waals surface area contributed by atoms with Gasteiger partial charge >= 0.3 is 6.18 Å². The highest BCUT2D eigenvalue weighted by Crippen LogP contribution is 2.34. The molecule has 1 heterocycles. The number of nitrogens with two attached hydrogens (primary N) is 1. The minimum Gasteiger partial charge on any atom is -0.376 e. The summed E-state index contributed by atoms with van der Waals surface area (Å²) in [6, 6.07) is 8.71. The summed E-state index contributed by atoms with van der Waals surface area (Å²) in [5, 5.41) is 2.86. The van der Waals surface area contributed by atoms with Gasteiger partial charge in [-0.1, -0.05) is 12.1 Å². The van der Waals surface area contributed by atoms with Crippen molar-refractivity contribution < 1.29 is 13.2 Å². The van der Waals surface area contributed by atoms with Crippen LogP contribution in [0.5, 0.6) is 0 Å². The van der Waals surface area contributed by atoms with Crippen LogP contribution in [0.3, 0.4) is 0 Å². The van der Waals surface area contributed by atoms with Crippen LogP contribution in [0, 0.1) is 0 Å². The van der Waals surface area contributed by atoms with E-state index < -0.39 is 11.7 Å². The zero-order chi connectivity index (χ0) is 17.2. The maximum absolute atomic E-state index is 13.1. The molecule has 2 aromatic rings. The molecule has 0 spiro atoms. The second kappa shape index (κ2) is 6.41. The van der Waals surface area contributed by atoms with Gasteiger partial charge in [-0.3, -0.25) is 0 Å². The first kappa shape index (κ1) is 17.0. The molecule has 23 heavy (non-hydrogen) atoms.